The fourth-order valence-electron chi connectivity index (χ4n) is 1.43. The number of hydrogen-bond donors (Lipinski definition) is 3. The first kappa shape index (κ1) is 15.3. The van der Waals surface area contributed by atoms with Crippen LogP contribution < -0.4 is 21.3 Å². The van der Waals surface area contributed by atoms with Crippen molar-refractivity contribution < 1.29 is 4.74 Å². The molecule has 9 heteroatoms. The third-order valence-corrected chi connectivity index (χ3v) is 3.92. The number of nitrogens with two attached hydrogens (primary N) is 1. The van der Waals surface area contributed by atoms with Gasteiger partial charge in [0.15, 0.2) is 5.82 Å². The van der Waals surface area contributed by atoms with Crippen molar-refractivity contribution in [3.05, 3.63) is 32.3 Å². The summed E-state index contributed by atoms with van der Waals surface area (Å²) in [7, 11) is 1.59. The van der Waals surface area contributed by atoms with E-state index in [0.29, 0.717) is 16.6 Å². The molecule has 2 aromatic rings. The first-order valence-corrected chi connectivity index (χ1v) is 7.30. The molecule has 106 valence electrons. The number of halogens is 3. The minimum atomic E-state index is 0.261. The maximum Gasteiger partial charge on any atom is 0.239 e. The van der Waals surface area contributed by atoms with Crippen LogP contribution in [-0.4, -0.2) is 17.1 Å². The molecule has 0 bridgehead atoms. The van der Waals surface area contributed by atoms with E-state index in [4.69, 9.17) is 22.2 Å². The van der Waals surface area contributed by atoms with Crippen molar-refractivity contribution >= 4 is 60.9 Å². The Morgan fingerprint density at radius 3 is 2.70 bits per heavy atom. The van der Waals surface area contributed by atoms with Gasteiger partial charge in [-0.05, 0) is 37.9 Å². The number of aromatic nitrogens is 2. The number of methoxy groups -OCH3 is 1. The van der Waals surface area contributed by atoms with E-state index >= 15 is 0 Å². The zero-order chi connectivity index (χ0) is 14.7. The average Bonchev–Trinajstić information content (AvgIpc) is 2.44. The standard InChI is InChI=1S/C11H10Br2ClN5O/c1-20-9-3-8(5(12)2-6(9)13)17-10-7(14)4-16-11(18-10)19-15/h2-4H,15H2,1H3,(H2,16,17,18,19). The maximum atomic E-state index is 6.05. The van der Waals surface area contributed by atoms with Gasteiger partial charge >= 0.3 is 0 Å². The Kier molecular flexibility index (Phi) is 5.03. The first-order valence-electron chi connectivity index (χ1n) is 5.34. The Balaban J connectivity index is 2.39. The molecule has 6 nitrogen and oxygen atoms in total. The molecule has 1 heterocycles. The minimum absolute atomic E-state index is 0.261. The minimum Gasteiger partial charge on any atom is -0.495 e. The maximum absolute atomic E-state index is 6.05. The highest BCUT2D eigenvalue weighted by Crippen LogP contribution is 2.36. The van der Waals surface area contributed by atoms with Gasteiger partial charge in [-0.2, -0.15) is 4.98 Å². The fourth-order valence-corrected chi connectivity index (χ4v) is 2.83. The van der Waals surface area contributed by atoms with Crippen molar-refractivity contribution in [2.45, 2.75) is 0 Å². The van der Waals surface area contributed by atoms with Gasteiger partial charge in [0.05, 0.1) is 23.5 Å². The second-order valence-corrected chi connectivity index (χ2v) is 5.74. The predicted octanol–water partition coefficient (Wildman–Crippen LogP) is 3.69. The molecule has 0 aliphatic rings. The third-order valence-electron chi connectivity index (χ3n) is 2.37. The Labute approximate surface area is 137 Å². The van der Waals surface area contributed by atoms with Crippen molar-refractivity contribution in [2.24, 2.45) is 5.84 Å². The highest BCUT2D eigenvalue weighted by atomic mass is 79.9. The van der Waals surface area contributed by atoms with E-state index in [1.807, 2.05) is 12.1 Å². The lowest BCUT2D eigenvalue weighted by Gasteiger charge is -2.12. The Hall–Kier alpha value is -1.09. The van der Waals surface area contributed by atoms with Gasteiger partial charge in [-0.1, -0.05) is 11.6 Å². The second kappa shape index (κ2) is 6.57. The number of nitrogen functional groups attached to an aromatic ring is 1. The van der Waals surface area contributed by atoms with Crippen LogP contribution in [0.2, 0.25) is 5.02 Å². The zero-order valence-corrected chi connectivity index (χ0v) is 14.2. The van der Waals surface area contributed by atoms with E-state index in [2.05, 4.69) is 52.6 Å². The molecule has 2 rings (SSSR count). The molecule has 0 unspecified atom stereocenters. The molecule has 0 spiro atoms. The SMILES string of the molecule is COc1cc(Nc2nc(NN)ncc2Cl)c(Br)cc1Br. The lowest BCUT2D eigenvalue weighted by atomic mass is 10.3. The highest BCUT2D eigenvalue weighted by molar-refractivity contribution is 9.11. The molecule has 0 saturated carbocycles. The van der Waals surface area contributed by atoms with Crippen LogP contribution in [0.15, 0.2) is 27.3 Å². The lowest BCUT2D eigenvalue weighted by molar-refractivity contribution is 0.412. The lowest BCUT2D eigenvalue weighted by Crippen LogP contribution is -2.11. The van der Waals surface area contributed by atoms with E-state index in [0.717, 1.165) is 14.6 Å². The fraction of sp³-hybridized carbons (Fsp3) is 0.0909. The normalized spacial score (nSPS) is 10.2. The number of anilines is 3. The van der Waals surface area contributed by atoms with E-state index < -0.39 is 0 Å². The summed E-state index contributed by atoms with van der Waals surface area (Å²) < 4.78 is 6.90. The molecule has 0 amide bonds. The summed E-state index contributed by atoms with van der Waals surface area (Å²) in [5, 5.41) is 3.46. The molecule has 4 N–H and O–H groups in total. The summed E-state index contributed by atoms with van der Waals surface area (Å²) in [6.45, 7) is 0. The number of benzene rings is 1. The van der Waals surface area contributed by atoms with Crippen LogP contribution in [0.5, 0.6) is 5.75 Å². The van der Waals surface area contributed by atoms with Gasteiger partial charge in [-0.3, -0.25) is 5.43 Å². The molecule has 0 radical (unpaired) electrons. The van der Waals surface area contributed by atoms with Crippen LogP contribution in [0.25, 0.3) is 0 Å². The summed E-state index contributed by atoms with van der Waals surface area (Å²) in [6.07, 6.45) is 1.45. The number of rotatable bonds is 4. The van der Waals surface area contributed by atoms with Crippen LogP contribution >= 0.6 is 43.5 Å². The average molecular weight is 423 g/mol. The molecular formula is C11H10Br2ClN5O. The number of hydrogen-bond acceptors (Lipinski definition) is 6. The van der Waals surface area contributed by atoms with Crippen LogP contribution in [-0.2, 0) is 0 Å². The van der Waals surface area contributed by atoms with Crippen molar-refractivity contribution in [1.29, 1.82) is 0 Å². The van der Waals surface area contributed by atoms with E-state index in [9.17, 15) is 0 Å². The van der Waals surface area contributed by atoms with Gasteiger partial charge in [0.25, 0.3) is 0 Å². The quantitative estimate of drug-likeness (QED) is 0.514. The molecule has 1 aromatic carbocycles. The summed E-state index contributed by atoms with van der Waals surface area (Å²) in [4.78, 5) is 8.05. The van der Waals surface area contributed by atoms with Crippen molar-refractivity contribution in [2.75, 3.05) is 17.9 Å². The number of hydrazine groups is 1. The number of nitrogens with one attached hydrogen (secondary N) is 2. The monoisotopic (exact) mass is 421 g/mol. The first-order chi connectivity index (χ1) is 9.55. The third kappa shape index (κ3) is 3.32. The topological polar surface area (TPSA) is 85.1 Å². The molecule has 20 heavy (non-hydrogen) atoms. The van der Waals surface area contributed by atoms with Crippen LogP contribution in [0.4, 0.5) is 17.5 Å². The van der Waals surface area contributed by atoms with Gasteiger partial charge in [0.2, 0.25) is 5.95 Å². The van der Waals surface area contributed by atoms with Crippen molar-refractivity contribution in [3.63, 3.8) is 0 Å². The molecule has 0 aliphatic heterocycles. The Bertz CT molecular complexity index is 640. The summed E-state index contributed by atoms with van der Waals surface area (Å²) in [6, 6.07) is 3.67. The van der Waals surface area contributed by atoms with E-state index in [1.165, 1.54) is 6.20 Å². The van der Waals surface area contributed by atoms with E-state index in [1.54, 1.807) is 7.11 Å². The summed E-state index contributed by atoms with van der Waals surface area (Å²) in [5.41, 5.74) is 3.11. The van der Waals surface area contributed by atoms with Crippen LogP contribution in [0, 0.1) is 0 Å². The Morgan fingerprint density at radius 1 is 1.30 bits per heavy atom. The predicted molar refractivity (Wildman–Crippen MR) is 86.5 cm³/mol. The zero-order valence-electron chi connectivity index (χ0n) is 10.2. The molecule has 1 aromatic heterocycles. The van der Waals surface area contributed by atoms with Gasteiger partial charge < -0.3 is 10.1 Å². The van der Waals surface area contributed by atoms with Gasteiger partial charge in [0.1, 0.15) is 10.8 Å². The Morgan fingerprint density at radius 2 is 2.05 bits per heavy atom. The van der Waals surface area contributed by atoms with Crippen LogP contribution in [0.1, 0.15) is 0 Å². The van der Waals surface area contributed by atoms with Gasteiger partial charge in [0, 0.05) is 10.5 Å². The second-order valence-electron chi connectivity index (χ2n) is 3.63. The van der Waals surface area contributed by atoms with Gasteiger partial charge in [-0.15, -0.1) is 0 Å². The number of nitrogens with zero attached hydrogens (tertiary/aromatic N) is 2. The van der Waals surface area contributed by atoms with Crippen molar-refractivity contribution in [1.82, 2.24) is 9.97 Å². The molecule has 0 fully saturated rings. The smallest absolute Gasteiger partial charge is 0.239 e. The number of ether oxygens (including phenoxy) is 1. The van der Waals surface area contributed by atoms with Gasteiger partial charge in [-0.25, -0.2) is 10.8 Å². The summed E-state index contributed by atoms with van der Waals surface area (Å²) >= 11 is 12.9. The molecule has 0 atom stereocenters. The largest absolute Gasteiger partial charge is 0.495 e. The molecule has 0 aliphatic carbocycles. The summed E-state index contributed by atoms with van der Waals surface area (Å²) in [5.74, 6) is 6.65. The molecular weight excluding hydrogens is 413 g/mol. The van der Waals surface area contributed by atoms with Crippen LogP contribution in [0.3, 0.4) is 0 Å². The van der Waals surface area contributed by atoms with Crippen molar-refractivity contribution in [3.8, 4) is 5.75 Å². The van der Waals surface area contributed by atoms with E-state index in [-0.39, 0.29) is 5.95 Å². The molecule has 0 saturated heterocycles. The highest BCUT2D eigenvalue weighted by Gasteiger charge is 2.11.